The Kier molecular flexibility index (Phi) is 24.0. The summed E-state index contributed by atoms with van der Waals surface area (Å²) in [5.74, 6) is -6.94. The Morgan fingerprint density at radius 1 is 0.603 bits per heavy atom. The van der Waals surface area contributed by atoms with E-state index in [4.69, 9.17) is 17.2 Å². The standard InChI is InChI=1S/C46H67N11O10S/c1-27(2)23-34(45(66)53-30(40(49)61)20-22-68-3)52-39(60)26-51-41(62)35(24-28-11-6-4-7-12-28)56-46(67)36(25-29-13-8-5-9-14-29)57-44(65)33(17-19-38(48)59)55-43(64)32(16-18-37(47)58)54-42(63)31-15-10-21-50-31/h4-9,11-14,27,30-36,50H,10,15-26H2,1-3H3,(H2,47,58)(H2,48,59)(H2,49,61)(H,51,62)(H,52,60)(H,53,66)(H,54,63)(H,55,64)(H,56,67)(H,57,65)/t30-,31+,32+,33+,34+,35+,36+/m1/s1. The number of nitrogens with two attached hydrogens (primary N) is 3. The third kappa shape index (κ3) is 20.5. The normalized spacial score (nSPS) is 15.8. The van der Waals surface area contributed by atoms with Crippen molar-refractivity contribution in [1.29, 1.82) is 0 Å². The van der Waals surface area contributed by atoms with Gasteiger partial charge in [-0.25, -0.2) is 0 Å². The van der Waals surface area contributed by atoms with Crippen LogP contribution in [0.1, 0.15) is 76.3 Å². The van der Waals surface area contributed by atoms with Crippen LogP contribution >= 0.6 is 11.8 Å². The lowest BCUT2D eigenvalue weighted by Crippen LogP contribution is -2.59. The lowest BCUT2D eigenvalue weighted by Gasteiger charge is -2.27. The van der Waals surface area contributed by atoms with Crippen molar-refractivity contribution in [2.45, 2.75) is 120 Å². The molecular formula is C46H67N11O10S. The maximum absolute atomic E-state index is 14.3. The Balaban J connectivity index is 1.86. The molecule has 3 rings (SSSR count). The number of rotatable bonds is 30. The van der Waals surface area contributed by atoms with Crippen molar-refractivity contribution in [3.8, 4) is 0 Å². The molecule has 2 aromatic rings. The molecule has 14 N–H and O–H groups in total. The van der Waals surface area contributed by atoms with Crippen LogP contribution in [-0.4, -0.2) is 126 Å². The maximum atomic E-state index is 14.3. The zero-order valence-corrected chi connectivity index (χ0v) is 39.6. The number of hydrogen-bond acceptors (Lipinski definition) is 12. The molecule has 22 heteroatoms. The Morgan fingerprint density at radius 3 is 1.54 bits per heavy atom. The smallest absolute Gasteiger partial charge is 0.243 e. The SMILES string of the molecule is CSCC[C@@H](NC(=O)[C@H](CC(C)C)NC(=O)CNC(=O)[C@H](Cc1ccccc1)NC(=O)[C@H](Cc1ccccc1)NC(=O)[C@H](CCC(N)=O)NC(=O)[C@H](CCC(N)=O)NC(=O)[C@@H]1CCCN1)C(N)=O. The molecule has 7 atom stereocenters. The number of nitrogens with one attached hydrogen (secondary N) is 8. The van der Waals surface area contributed by atoms with Gasteiger partial charge in [0.15, 0.2) is 0 Å². The first-order valence-electron chi connectivity index (χ1n) is 22.6. The number of amides is 10. The maximum Gasteiger partial charge on any atom is 0.243 e. The second kappa shape index (κ2) is 29.3. The molecule has 0 radical (unpaired) electrons. The van der Waals surface area contributed by atoms with E-state index in [-0.39, 0.29) is 57.3 Å². The molecule has 21 nitrogen and oxygen atoms in total. The van der Waals surface area contributed by atoms with Crippen molar-refractivity contribution in [3.05, 3.63) is 71.8 Å². The molecule has 0 unspecified atom stereocenters. The highest BCUT2D eigenvalue weighted by Crippen LogP contribution is 2.12. The molecule has 1 heterocycles. The lowest BCUT2D eigenvalue weighted by atomic mass is 10.0. The van der Waals surface area contributed by atoms with Crippen LogP contribution in [0.2, 0.25) is 0 Å². The van der Waals surface area contributed by atoms with Crippen LogP contribution < -0.4 is 59.7 Å². The van der Waals surface area contributed by atoms with Gasteiger partial charge in [0.05, 0.1) is 12.6 Å². The van der Waals surface area contributed by atoms with E-state index in [9.17, 15) is 47.9 Å². The average molecular weight is 966 g/mol. The fraction of sp³-hybridized carbons (Fsp3) is 0.522. The van der Waals surface area contributed by atoms with Crippen LogP contribution in [0.3, 0.4) is 0 Å². The Morgan fingerprint density at radius 2 is 1.07 bits per heavy atom. The predicted molar refractivity (Wildman–Crippen MR) is 254 cm³/mol. The molecule has 68 heavy (non-hydrogen) atoms. The van der Waals surface area contributed by atoms with Gasteiger partial charge in [-0.3, -0.25) is 47.9 Å². The molecule has 1 aliphatic heterocycles. The van der Waals surface area contributed by atoms with Gasteiger partial charge in [-0.05, 0) is 74.1 Å². The largest absolute Gasteiger partial charge is 0.370 e. The molecule has 0 saturated carbocycles. The molecular weight excluding hydrogens is 899 g/mol. The summed E-state index contributed by atoms with van der Waals surface area (Å²) >= 11 is 1.47. The van der Waals surface area contributed by atoms with E-state index in [0.717, 1.165) is 6.42 Å². The monoisotopic (exact) mass is 965 g/mol. The molecule has 2 aromatic carbocycles. The van der Waals surface area contributed by atoms with E-state index in [2.05, 4.69) is 42.5 Å². The summed E-state index contributed by atoms with van der Waals surface area (Å²) in [6.07, 6.45) is 2.30. The molecule has 372 valence electrons. The van der Waals surface area contributed by atoms with Gasteiger partial charge in [0, 0.05) is 25.7 Å². The summed E-state index contributed by atoms with van der Waals surface area (Å²) in [5.41, 5.74) is 17.5. The van der Waals surface area contributed by atoms with Crippen molar-refractivity contribution < 1.29 is 47.9 Å². The minimum absolute atomic E-state index is 0.0545. The highest BCUT2D eigenvalue weighted by Gasteiger charge is 2.34. The first kappa shape index (κ1) is 55.8. The zero-order valence-electron chi connectivity index (χ0n) is 38.8. The molecule has 1 aliphatic rings. The second-order valence-corrected chi connectivity index (χ2v) is 18.0. The van der Waals surface area contributed by atoms with Gasteiger partial charge in [0.1, 0.15) is 36.3 Å². The first-order chi connectivity index (χ1) is 32.4. The van der Waals surface area contributed by atoms with Crippen LogP contribution in [0.15, 0.2) is 60.7 Å². The number of hydrogen-bond donors (Lipinski definition) is 11. The molecule has 1 saturated heterocycles. The zero-order chi connectivity index (χ0) is 50.2. The van der Waals surface area contributed by atoms with E-state index in [1.54, 1.807) is 60.7 Å². The van der Waals surface area contributed by atoms with Crippen molar-refractivity contribution in [2.24, 2.45) is 23.1 Å². The third-order valence-electron chi connectivity index (χ3n) is 10.9. The van der Waals surface area contributed by atoms with E-state index in [1.165, 1.54) is 11.8 Å². The summed E-state index contributed by atoms with van der Waals surface area (Å²) in [4.78, 5) is 131. The van der Waals surface area contributed by atoms with Crippen molar-refractivity contribution in [1.82, 2.24) is 42.5 Å². The highest BCUT2D eigenvalue weighted by molar-refractivity contribution is 7.98. The molecule has 0 aromatic heterocycles. The first-order valence-corrected chi connectivity index (χ1v) is 24.0. The van der Waals surface area contributed by atoms with E-state index in [1.807, 2.05) is 20.1 Å². The lowest BCUT2D eigenvalue weighted by molar-refractivity contribution is -0.135. The summed E-state index contributed by atoms with van der Waals surface area (Å²) in [5, 5.41) is 21.3. The number of thioether (sulfide) groups is 1. The fourth-order valence-electron chi connectivity index (χ4n) is 7.26. The second-order valence-electron chi connectivity index (χ2n) is 17.0. The van der Waals surface area contributed by atoms with Gasteiger partial charge in [-0.1, -0.05) is 74.5 Å². The number of primary amides is 3. The van der Waals surface area contributed by atoms with Crippen LogP contribution in [0.4, 0.5) is 0 Å². The third-order valence-corrected chi connectivity index (χ3v) is 11.5. The van der Waals surface area contributed by atoms with Crippen LogP contribution in [-0.2, 0) is 60.8 Å². The van der Waals surface area contributed by atoms with Crippen molar-refractivity contribution in [2.75, 3.05) is 25.1 Å². The van der Waals surface area contributed by atoms with Crippen molar-refractivity contribution >= 4 is 70.8 Å². The van der Waals surface area contributed by atoms with Gasteiger partial charge in [0.2, 0.25) is 59.1 Å². The molecule has 0 aliphatic carbocycles. The Bertz CT molecular complexity index is 2040. The molecule has 0 spiro atoms. The topological polar surface area (TPSA) is 345 Å². The summed E-state index contributed by atoms with van der Waals surface area (Å²) in [7, 11) is 0. The summed E-state index contributed by atoms with van der Waals surface area (Å²) in [6.45, 7) is 3.68. The number of carbonyl (C=O) groups excluding carboxylic acids is 10. The van der Waals surface area contributed by atoms with Gasteiger partial charge in [-0.2, -0.15) is 11.8 Å². The van der Waals surface area contributed by atoms with Crippen molar-refractivity contribution in [3.63, 3.8) is 0 Å². The van der Waals surface area contributed by atoms with E-state index >= 15 is 0 Å². The van der Waals surface area contributed by atoms with Crippen LogP contribution in [0.5, 0.6) is 0 Å². The van der Waals surface area contributed by atoms with Gasteiger partial charge in [-0.15, -0.1) is 0 Å². The van der Waals surface area contributed by atoms with Gasteiger partial charge >= 0.3 is 0 Å². The van der Waals surface area contributed by atoms with Crippen LogP contribution in [0, 0.1) is 5.92 Å². The minimum Gasteiger partial charge on any atom is -0.370 e. The quantitative estimate of drug-likeness (QED) is 0.0408. The highest BCUT2D eigenvalue weighted by atomic mass is 32.2. The van der Waals surface area contributed by atoms with E-state index < -0.39 is 108 Å². The average Bonchev–Trinajstić information content (AvgIpc) is 3.85. The number of carbonyl (C=O) groups is 10. The Labute approximate surface area is 400 Å². The van der Waals surface area contributed by atoms with Gasteiger partial charge in [0.25, 0.3) is 0 Å². The molecule has 10 amide bonds. The summed E-state index contributed by atoms with van der Waals surface area (Å²) < 4.78 is 0. The summed E-state index contributed by atoms with van der Waals surface area (Å²) in [6, 6.07) is 9.23. The minimum atomic E-state index is -1.47. The number of benzene rings is 2. The van der Waals surface area contributed by atoms with Gasteiger partial charge < -0.3 is 59.7 Å². The van der Waals surface area contributed by atoms with Crippen LogP contribution in [0.25, 0.3) is 0 Å². The Hall–Kier alpha value is -6.55. The molecule has 0 bridgehead atoms. The predicted octanol–water partition coefficient (Wildman–Crippen LogP) is -1.94. The molecule has 1 fully saturated rings. The fourth-order valence-corrected chi connectivity index (χ4v) is 7.73. The van der Waals surface area contributed by atoms with E-state index in [0.29, 0.717) is 29.8 Å².